The Bertz CT molecular complexity index is 2030. The van der Waals surface area contributed by atoms with E-state index >= 15 is 0 Å². The molecule has 5 aromatic carbocycles. The summed E-state index contributed by atoms with van der Waals surface area (Å²) in [5.41, 5.74) is 9.06. The van der Waals surface area contributed by atoms with Crippen LogP contribution in [-0.2, 0) is 0 Å². The second-order valence-corrected chi connectivity index (χ2v) is 9.30. The molecule has 0 radical (unpaired) electrons. The Kier molecular flexibility index (Phi) is 3.75. The average Bonchev–Trinajstić information content (AvgIpc) is 3.39. The Morgan fingerprint density at radius 3 is 2.11 bits per heavy atom. The van der Waals surface area contributed by atoms with Crippen molar-refractivity contribution in [2.24, 2.45) is 0 Å². The molecule has 2 heterocycles. The summed E-state index contributed by atoms with van der Waals surface area (Å²) in [5, 5.41) is 7.37. The molecule has 35 heavy (non-hydrogen) atoms. The van der Waals surface area contributed by atoms with E-state index in [0.717, 1.165) is 45.0 Å². The third kappa shape index (κ3) is 2.54. The summed E-state index contributed by atoms with van der Waals surface area (Å²) in [6.45, 7) is 0. The second-order valence-electron chi connectivity index (χ2n) is 9.30. The molecule has 0 amide bonds. The maximum absolute atomic E-state index is 6.40. The summed E-state index contributed by atoms with van der Waals surface area (Å²) < 4.78 is 6.40. The summed E-state index contributed by atoms with van der Waals surface area (Å²) in [6.07, 6.45) is 10.0. The van der Waals surface area contributed by atoms with Gasteiger partial charge in [0.25, 0.3) is 0 Å². The van der Waals surface area contributed by atoms with E-state index in [1.54, 1.807) is 0 Å². The van der Waals surface area contributed by atoms with Gasteiger partial charge >= 0.3 is 0 Å². The Hall–Kier alpha value is -4.56. The lowest BCUT2D eigenvalue weighted by Crippen LogP contribution is -1.87. The first-order valence-corrected chi connectivity index (χ1v) is 12.1. The van der Waals surface area contributed by atoms with Gasteiger partial charge in [0.2, 0.25) is 0 Å². The molecule has 1 aliphatic rings. The largest absolute Gasteiger partial charge is 0.455 e. The smallest absolute Gasteiger partial charge is 0.143 e. The maximum Gasteiger partial charge on any atom is 0.143 e. The molecular weight excluding hydrogens is 426 g/mol. The number of para-hydroxylation sites is 3. The molecule has 1 aliphatic carbocycles. The molecule has 7 aromatic rings. The van der Waals surface area contributed by atoms with Gasteiger partial charge in [-0.2, -0.15) is 0 Å². The van der Waals surface area contributed by atoms with Crippen molar-refractivity contribution in [3.8, 4) is 11.1 Å². The number of furan rings is 1. The van der Waals surface area contributed by atoms with Crippen LogP contribution >= 0.6 is 0 Å². The van der Waals surface area contributed by atoms with Gasteiger partial charge in [0.15, 0.2) is 0 Å². The minimum absolute atomic E-state index is 0.923. The molecule has 0 atom stereocenters. The maximum atomic E-state index is 6.40. The van der Waals surface area contributed by atoms with Crippen LogP contribution in [0, 0.1) is 0 Å². The molecule has 2 aromatic heterocycles. The van der Waals surface area contributed by atoms with Crippen LogP contribution in [0.3, 0.4) is 0 Å². The van der Waals surface area contributed by atoms with Crippen LogP contribution in [-0.4, -0.2) is 4.98 Å². The van der Waals surface area contributed by atoms with Gasteiger partial charge in [-0.05, 0) is 29.0 Å². The normalized spacial score (nSPS) is 13.4. The van der Waals surface area contributed by atoms with Gasteiger partial charge in [-0.1, -0.05) is 103 Å². The molecule has 0 spiro atoms. The molecular formula is C33H21NO. The van der Waals surface area contributed by atoms with Crippen LogP contribution < -0.4 is 0 Å². The van der Waals surface area contributed by atoms with E-state index in [-0.39, 0.29) is 0 Å². The van der Waals surface area contributed by atoms with Crippen molar-refractivity contribution in [3.05, 3.63) is 108 Å². The number of rotatable bonds is 1. The highest BCUT2D eigenvalue weighted by atomic mass is 16.3. The lowest BCUT2D eigenvalue weighted by atomic mass is 9.93. The molecule has 0 aliphatic heterocycles. The Balaban J connectivity index is 1.54. The second kappa shape index (κ2) is 6.97. The molecule has 1 N–H and O–H groups in total. The van der Waals surface area contributed by atoms with Gasteiger partial charge in [-0.15, -0.1) is 0 Å². The van der Waals surface area contributed by atoms with E-state index in [2.05, 4.69) is 102 Å². The lowest BCUT2D eigenvalue weighted by Gasteiger charge is -2.10. The molecule has 0 unspecified atom stereocenters. The van der Waals surface area contributed by atoms with Gasteiger partial charge in [-0.3, -0.25) is 0 Å². The Labute approximate surface area is 201 Å². The number of H-pyrrole nitrogens is 1. The Morgan fingerprint density at radius 1 is 0.543 bits per heavy atom. The highest BCUT2D eigenvalue weighted by Gasteiger charge is 2.20. The zero-order valence-corrected chi connectivity index (χ0v) is 19.0. The Morgan fingerprint density at radius 2 is 1.23 bits per heavy atom. The predicted molar refractivity (Wildman–Crippen MR) is 149 cm³/mol. The highest BCUT2D eigenvalue weighted by molar-refractivity contribution is 6.25. The number of allylic oxidation sites excluding steroid dienone is 2. The summed E-state index contributed by atoms with van der Waals surface area (Å²) >= 11 is 0. The van der Waals surface area contributed by atoms with Crippen LogP contribution in [0.1, 0.15) is 17.5 Å². The summed E-state index contributed by atoms with van der Waals surface area (Å²) in [4.78, 5) is 3.86. The topological polar surface area (TPSA) is 28.9 Å². The first-order chi connectivity index (χ1) is 17.4. The fourth-order valence-electron chi connectivity index (χ4n) is 5.90. The van der Waals surface area contributed by atoms with E-state index in [0.29, 0.717) is 0 Å². The number of benzene rings is 5. The quantitative estimate of drug-likeness (QED) is 0.267. The molecule has 0 bridgehead atoms. The van der Waals surface area contributed by atoms with Crippen molar-refractivity contribution in [2.75, 3.05) is 0 Å². The van der Waals surface area contributed by atoms with Crippen LogP contribution in [0.5, 0.6) is 0 Å². The van der Waals surface area contributed by atoms with E-state index in [4.69, 9.17) is 4.42 Å². The number of hydrogen-bond donors (Lipinski definition) is 1. The number of nitrogens with one attached hydrogen (secondary N) is 1. The fraction of sp³-hybridized carbons (Fsp3) is 0.0303. The van der Waals surface area contributed by atoms with Crippen molar-refractivity contribution in [1.29, 1.82) is 0 Å². The van der Waals surface area contributed by atoms with Crippen LogP contribution in [0.25, 0.3) is 77.8 Å². The number of aromatic amines is 1. The number of aromatic nitrogens is 1. The summed E-state index contributed by atoms with van der Waals surface area (Å²) in [6, 6.07) is 30.1. The first kappa shape index (κ1) is 18.8. The molecule has 0 saturated heterocycles. The van der Waals surface area contributed by atoms with Crippen molar-refractivity contribution >= 4 is 66.7 Å². The summed E-state index contributed by atoms with van der Waals surface area (Å²) in [5.74, 6) is 0. The van der Waals surface area contributed by atoms with Crippen molar-refractivity contribution in [2.45, 2.75) is 6.42 Å². The van der Waals surface area contributed by atoms with Crippen LogP contribution in [0.4, 0.5) is 0 Å². The average molecular weight is 448 g/mol. The van der Waals surface area contributed by atoms with Crippen molar-refractivity contribution in [3.63, 3.8) is 0 Å². The van der Waals surface area contributed by atoms with Crippen molar-refractivity contribution < 1.29 is 4.42 Å². The third-order valence-electron chi connectivity index (χ3n) is 7.42. The highest BCUT2D eigenvalue weighted by Crippen LogP contribution is 2.43. The molecule has 0 saturated carbocycles. The first-order valence-electron chi connectivity index (χ1n) is 12.1. The summed E-state index contributed by atoms with van der Waals surface area (Å²) in [7, 11) is 0. The van der Waals surface area contributed by atoms with Crippen LogP contribution in [0.2, 0.25) is 0 Å². The molecule has 2 nitrogen and oxygen atoms in total. The minimum Gasteiger partial charge on any atom is -0.455 e. The number of fused-ring (bicyclic) bond motifs is 11. The van der Waals surface area contributed by atoms with Gasteiger partial charge in [0, 0.05) is 38.1 Å². The van der Waals surface area contributed by atoms with Crippen LogP contribution in [0.15, 0.2) is 101 Å². The minimum atomic E-state index is 0.923. The van der Waals surface area contributed by atoms with E-state index in [1.807, 2.05) is 12.1 Å². The monoisotopic (exact) mass is 447 g/mol. The van der Waals surface area contributed by atoms with Gasteiger partial charge in [-0.25, -0.2) is 0 Å². The zero-order chi connectivity index (χ0) is 22.9. The molecule has 164 valence electrons. The van der Waals surface area contributed by atoms with E-state index in [9.17, 15) is 0 Å². The van der Waals surface area contributed by atoms with Gasteiger partial charge in [0.1, 0.15) is 11.2 Å². The fourth-order valence-corrected chi connectivity index (χ4v) is 5.90. The zero-order valence-electron chi connectivity index (χ0n) is 19.0. The lowest BCUT2D eigenvalue weighted by molar-refractivity contribution is 0.670. The molecule has 0 fully saturated rings. The van der Waals surface area contributed by atoms with Gasteiger partial charge < -0.3 is 9.40 Å². The van der Waals surface area contributed by atoms with Crippen molar-refractivity contribution in [1.82, 2.24) is 4.98 Å². The third-order valence-corrected chi connectivity index (χ3v) is 7.42. The number of hydrogen-bond acceptors (Lipinski definition) is 1. The predicted octanol–water partition coefficient (Wildman–Crippen LogP) is 9.47. The SMILES string of the molecule is C1=Cc2c(c3c4cccc(-c5cccc6c5oc5ccccc56)c4[nH]c3c3ccccc23)C=CC1. The van der Waals surface area contributed by atoms with E-state index < -0.39 is 0 Å². The van der Waals surface area contributed by atoms with Gasteiger partial charge in [0.05, 0.1) is 11.0 Å². The van der Waals surface area contributed by atoms with E-state index in [1.165, 1.54) is 38.2 Å². The molecule has 2 heteroatoms. The molecule has 8 rings (SSSR count). The standard InChI is InChI=1S/C33H21NO/c1-2-10-20-21-11-4-5-14-24(21)32-30(23(20)13-3-1)28-18-8-15-25(31(28)34-32)27-17-9-16-26-22-12-6-7-19-29(22)35-33(26)27/h2-19,34H,1H2.